The van der Waals surface area contributed by atoms with Gasteiger partial charge >= 0.3 is 0 Å². The fourth-order valence-electron chi connectivity index (χ4n) is 2.78. The van der Waals surface area contributed by atoms with Gasteiger partial charge in [0.05, 0.1) is 18.8 Å². The summed E-state index contributed by atoms with van der Waals surface area (Å²) in [5.41, 5.74) is -0.152. The van der Waals surface area contributed by atoms with Gasteiger partial charge in [0, 0.05) is 19.4 Å². The van der Waals surface area contributed by atoms with Crippen LogP contribution in [0.15, 0.2) is 0 Å². The van der Waals surface area contributed by atoms with E-state index in [0.717, 1.165) is 32.3 Å². The van der Waals surface area contributed by atoms with Crippen LogP contribution in [0.5, 0.6) is 0 Å². The highest BCUT2D eigenvalue weighted by Gasteiger charge is 2.53. The van der Waals surface area contributed by atoms with Crippen LogP contribution in [0.25, 0.3) is 0 Å². The zero-order valence-corrected chi connectivity index (χ0v) is 8.15. The predicted octanol–water partition coefficient (Wildman–Crippen LogP) is 0.432. The molecule has 3 aliphatic rings. The molecule has 4 atom stereocenters. The number of ether oxygens (including phenoxy) is 3. The van der Waals surface area contributed by atoms with Crippen LogP contribution in [0.2, 0.25) is 0 Å². The van der Waals surface area contributed by atoms with E-state index in [1.165, 1.54) is 0 Å². The first-order chi connectivity index (χ1) is 6.78. The van der Waals surface area contributed by atoms with Crippen LogP contribution in [-0.2, 0) is 14.2 Å². The van der Waals surface area contributed by atoms with Gasteiger partial charge in [0.25, 0.3) is 0 Å². The fraction of sp³-hybridized carbons (Fsp3) is 1.00. The second-order valence-electron chi connectivity index (χ2n) is 4.49. The Kier molecular flexibility index (Phi) is 2.06. The molecular weight excluding hydrogens is 184 g/mol. The number of hydrogen-bond donors (Lipinski definition) is 1. The first-order valence-electron chi connectivity index (χ1n) is 5.38. The van der Waals surface area contributed by atoms with Crippen molar-refractivity contribution in [2.24, 2.45) is 0 Å². The van der Waals surface area contributed by atoms with Crippen molar-refractivity contribution in [1.29, 1.82) is 0 Å². The van der Waals surface area contributed by atoms with Gasteiger partial charge in [-0.25, -0.2) is 0 Å². The van der Waals surface area contributed by atoms with E-state index in [4.69, 9.17) is 14.2 Å². The molecule has 1 N–H and O–H groups in total. The van der Waals surface area contributed by atoms with Gasteiger partial charge in [0.2, 0.25) is 0 Å². The molecule has 3 rings (SSSR count). The lowest BCUT2D eigenvalue weighted by atomic mass is 9.79. The lowest BCUT2D eigenvalue weighted by Crippen LogP contribution is -2.46. The molecule has 0 aromatic carbocycles. The largest absolute Gasteiger partial charge is 0.393 e. The van der Waals surface area contributed by atoms with Gasteiger partial charge in [-0.05, 0) is 12.8 Å². The zero-order chi connectivity index (χ0) is 9.60. The number of aliphatic hydroxyl groups is 1. The highest BCUT2D eigenvalue weighted by atomic mass is 16.8. The summed E-state index contributed by atoms with van der Waals surface area (Å²) in [4.78, 5) is 0. The van der Waals surface area contributed by atoms with E-state index in [0.29, 0.717) is 6.61 Å². The van der Waals surface area contributed by atoms with Crippen LogP contribution < -0.4 is 0 Å². The van der Waals surface area contributed by atoms with Crippen molar-refractivity contribution in [3.63, 3.8) is 0 Å². The van der Waals surface area contributed by atoms with E-state index in [-0.39, 0.29) is 24.1 Å². The summed E-state index contributed by atoms with van der Waals surface area (Å²) in [6, 6.07) is 0. The Balaban J connectivity index is 1.83. The first kappa shape index (κ1) is 9.09. The number of rotatable bonds is 0. The normalized spacial score (nSPS) is 52.5. The average molecular weight is 200 g/mol. The molecule has 0 unspecified atom stereocenters. The van der Waals surface area contributed by atoms with E-state index in [2.05, 4.69) is 0 Å². The van der Waals surface area contributed by atoms with Crippen LogP contribution in [0.3, 0.4) is 0 Å². The SMILES string of the molecule is O[C@H]1CC[C@]23CCOC[C@H](O[C@H]2C1)O3. The first-order valence-corrected chi connectivity index (χ1v) is 5.38. The van der Waals surface area contributed by atoms with E-state index in [1.54, 1.807) is 0 Å². The van der Waals surface area contributed by atoms with Gasteiger partial charge in [-0.2, -0.15) is 0 Å². The van der Waals surface area contributed by atoms with Gasteiger partial charge < -0.3 is 19.3 Å². The molecule has 0 amide bonds. The molecule has 4 heteroatoms. The summed E-state index contributed by atoms with van der Waals surface area (Å²) in [6.45, 7) is 1.29. The van der Waals surface area contributed by atoms with Crippen LogP contribution in [-0.4, -0.2) is 42.4 Å². The molecule has 14 heavy (non-hydrogen) atoms. The Morgan fingerprint density at radius 1 is 1.29 bits per heavy atom. The van der Waals surface area contributed by atoms with Crippen molar-refractivity contribution >= 4 is 0 Å². The lowest BCUT2D eigenvalue weighted by molar-refractivity contribution is -0.105. The molecule has 80 valence electrons. The molecule has 0 radical (unpaired) electrons. The molecule has 2 heterocycles. The van der Waals surface area contributed by atoms with Crippen molar-refractivity contribution in [3.05, 3.63) is 0 Å². The molecule has 1 aliphatic carbocycles. The number of fused-ring (bicyclic) bond motifs is 1. The average Bonchev–Trinajstić information content (AvgIpc) is 2.36. The fourth-order valence-corrected chi connectivity index (χ4v) is 2.78. The molecule has 0 aromatic heterocycles. The minimum absolute atomic E-state index is 0.0835. The maximum absolute atomic E-state index is 9.58. The Morgan fingerprint density at radius 2 is 2.21 bits per heavy atom. The zero-order valence-electron chi connectivity index (χ0n) is 8.15. The van der Waals surface area contributed by atoms with Crippen molar-refractivity contribution in [3.8, 4) is 0 Å². The predicted molar refractivity (Wildman–Crippen MR) is 47.8 cm³/mol. The van der Waals surface area contributed by atoms with Crippen molar-refractivity contribution in [2.75, 3.05) is 13.2 Å². The van der Waals surface area contributed by atoms with Gasteiger partial charge in [-0.15, -0.1) is 0 Å². The molecular formula is C10H16O4. The monoisotopic (exact) mass is 200 g/mol. The Labute approximate surface area is 83.1 Å². The topological polar surface area (TPSA) is 47.9 Å². The van der Waals surface area contributed by atoms with E-state index < -0.39 is 0 Å². The highest BCUT2D eigenvalue weighted by molar-refractivity contribution is 4.99. The van der Waals surface area contributed by atoms with Crippen LogP contribution in [0.4, 0.5) is 0 Å². The van der Waals surface area contributed by atoms with E-state index in [1.807, 2.05) is 0 Å². The molecule has 2 saturated heterocycles. The number of hydrogen-bond acceptors (Lipinski definition) is 4. The van der Waals surface area contributed by atoms with E-state index in [9.17, 15) is 5.11 Å². The minimum atomic E-state index is -0.212. The standard InChI is InChI=1S/C10H16O4/c11-7-1-2-10-3-4-12-6-9(14-10)13-8(10)5-7/h7-9,11H,1-6H2/t7-,8-,9+,10-/m0/s1. The highest BCUT2D eigenvalue weighted by Crippen LogP contribution is 2.44. The second kappa shape index (κ2) is 3.17. The summed E-state index contributed by atoms with van der Waals surface area (Å²) in [7, 11) is 0. The van der Waals surface area contributed by atoms with Crippen molar-refractivity contribution < 1.29 is 19.3 Å². The number of aliphatic hydroxyl groups excluding tert-OH is 1. The molecule has 0 aromatic rings. The summed E-state index contributed by atoms with van der Waals surface area (Å²) in [5, 5.41) is 9.58. The summed E-state index contributed by atoms with van der Waals surface area (Å²) in [6.07, 6.45) is 3.02. The molecule has 4 nitrogen and oxygen atoms in total. The Hall–Kier alpha value is -0.160. The summed E-state index contributed by atoms with van der Waals surface area (Å²) < 4.78 is 17.0. The minimum Gasteiger partial charge on any atom is -0.393 e. The van der Waals surface area contributed by atoms with Crippen LogP contribution in [0.1, 0.15) is 25.7 Å². The quantitative estimate of drug-likeness (QED) is 0.616. The molecule has 2 aliphatic heterocycles. The summed E-state index contributed by atoms with van der Waals surface area (Å²) >= 11 is 0. The van der Waals surface area contributed by atoms with Crippen molar-refractivity contribution in [1.82, 2.24) is 0 Å². The van der Waals surface area contributed by atoms with Gasteiger partial charge in [-0.3, -0.25) is 0 Å². The van der Waals surface area contributed by atoms with Crippen LogP contribution >= 0.6 is 0 Å². The maximum atomic E-state index is 9.58. The van der Waals surface area contributed by atoms with E-state index >= 15 is 0 Å². The third-order valence-corrected chi connectivity index (χ3v) is 3.58. The lowest BCUT2D eigenvalue weighted by Gasteiger charge is -2.37. The van der Waals surface area contributed by atoms with Gasteiger partial charge in [-0.1, -0.05) is 0 Å². The van der Waals surface area contributed by atoms with Crippen molar-refractivity contribution in [2.45, 2.75) is 49.8 Å². The molecule has 2 bridgehead atoms. The maximum Gasteiger partial charge on any atom is 0.182 e. The molecule has 1 spiro atoms. The summed E-state index contributed by atoms with van der Waals surface area (Å²) in [5.74, 6) is 0. The van der Waals surface area contributed by atoms with Gasteiger partial charge in [0.1, 0.15) is 5.60 Å². The molecule has 1 saturated carbocycles. The third kappa shape index (κ3) is 1.29. The molecule has 3 fully saturated rings. The Bertz CT molecular complexity index is 232. The second-order valence-corrected chi connectivity index (χ2v) is 4.49. The smallest absolute Gasteiger partial charge is 0.182 e. The van der Waals surface area contributed by atoms with Gasteiger partial charge in [0.15, 0.2) is 6.29 Å². The Morgan fingerprint density at radius 3 is 3.14 bits per heavy atom. The third-order valence-electron chi connectivity index (χ3n) is 3.58. The van der Waals surface area contributed by atoms with Crippen LogP contribution in [0, 0.1) is 0 Å².